The summed E-state index contributed by atoms with van der Waals surface area (Å²) in [6.07, 6.45) is 1.53. The number of aromatic nitrogens is 4. The summed E-state index contributed by atoms with van der Waals surface area (Å²) in [5.41, 5.74) is 4.46. The number of fused-ring (bicyclic) bond motifs is 1. The summed E-state index contributed by atoms with van der Waals surface area (Å²) in [6.45, 7) is 6.27. The first-order chi connectivity index (χ1) is 16.5. The lowest BCUT2D eigenvalue weighted by Gasteiger charge is -2.35. The Morgan fingerprint density at radius 3 is 2.53 bits per heavy atom. The molecule has 3 heterocycles. The third-order valence-corrected chi connectivity index (χ3v) is 6.35. The largest absolute Gasteiger partial charge is 0.369 e. The van der Waals surface area contributed by atoms with Gasteiger partial charge in [0.1, 0.15) is 11.5 Å². The molecule has 9 nitrogen and oxygen atoms in total. The molecule has 9 heteroatoms. The minimum Gasteiger partial charge on any atom is -0.369 e. The van der Waals surface area contributed by atoms with E-state index >= 15 is 0 Å². The number of anilines is 3. The lowest BCUT2D eigenvalue weighted by Crippen LogP contribution is -2.44. The molecule has 1 aliphatic heterocycles. The summed E-state index contributed by atoms with van der Waals surface area (Å²) in [5, 5.41) is 13.1. The summed E-state index contributed by atoms with van der Waals surface area (Å²) in [4.78, 5) is 26.8. The normalized spacial score (nSPS) is 14.4. The van der Waals surface area contributed by atoms with Gasteiger partial charge in [0, 0.05) is 50.8 Å². The van der Waals surface area contributed by atoms with Crippen LogP contribution in [-0.4, -0.2) is 57.5 Å². The Balaban J connectivity index is 1.45. The molecule has 0 spiro atoms. The van der Waals surface area contributed by atoms with E-state index in [2.05, 4.69) is 57.3 Å². The van der Waals surface area contributed by atoms with Gasteiger partial charge in [-0.15, -0.1) is 0 Å². The van der Waals surface area contributed by atoms with Crippen LogP contribution in [0.15, 0.2) is 53.5 Å². The Labute approximate surface area is 197 Å². The molecule has 2 aromatic carbocycles. The van der Waals surface area contributed by atoms with E-state index < -0.39 is 0 Å². The van der Waals surface area contributed by atoms with Gasteiger partial charge in [0.05, 0.1) is 11.3 Å². The number of benzene rings is 2. The van der Waals surface area contributed by atoms with Gasteiger partial charge >= 0.3 is 0 Å². The van der Waals surface area contributed by atoms with Crippen molar-refractivity contribution in [3.05, 3.63) is 70.1 Å². The minimum absolute atomic E-state index is 0.265. The van der Waals surface area contributed by atoms with Gasteiger partial charge in [-0.25, -0.2) is 9.67 Å². The Bertz CT molecular complexity index is 1470. The van der Waals surface area contributed by atoms with E-state index in [1.807, 2.05) is 6.07 Å². The minimum atomic E-state index is -0.265. The van der Waals surface area contributed by atoms with Crippen molar-refractivity contribution in [1.29, 1.82) is 5.26 Å². The molecule has 1 N–H and O–H groups in total. The van der Waals surface area contributed by atoms with E-state index in [1.165, 1.54) is 22.1 Å². The van der Waals surface area contributed by atoms with Crippen LogP contribution in [-0.2, 0) is 7.05 Å². The number of nitrogens with zero attached hydrogens (tertiary/aromatic N) is 7. The zero-order chi connectivity index (χ0) is 23.8. The Kier molecular flexibility index (Phi) is 5.51. The van der Waals surface area contributed by atoms with Crippen LogP contribution in [0.4, 0.5) is 17.3 Å². The number of para-hydroxylation sites is 1. The van der Waals surface area contributed by atoms with Crippen molar-refractivity contribution in [3.63, 3.8) is 0 Å². The van der Waals surface area contributed by atoms with Crippen LogP contribution < -0.4 is 15.8 Å². The molecule has 34 heavy (non-hydrogen) atoms. The van der Waals surface area contributed by atoms with Crippen LogP contribution in [0.25, 0.3) is 16.7 Å². The SMILES string of the molecule is Cc1cc(Nc2ncc3c(=O)n(-c4ccccc4C#N)n(C)c3n2)ccc1N1CCN(C)CC1. The van der Waals surface area contributed by atoms with E-state index in [0.29, 0.717) is 28.2 Å². The van der Waals surface area contributed by atoms with Gasteiger partial charge in [0.15, 0.2) is 5.65 Å². The van der Waals surface area contributed by atoms with Crippen molar-refractivity contribution in [2.75, 3.05) is 43.4 Å². The first-order valence-corrected chi connectivity index (χ1v) is 11.2. The Morgan fingerprint density at radius 2 is 1.79 bits per heavy atom. The van der Waals surface area contributed by atoms with Crippen LogP contribution in [0.2, 0.25) is 0 Å². The highest BCUT2D eigenvalue weighted by Gasteiger charge is 2.18. The lowest BCUT2D eigenvalue weighted by molar-refractivity contribution is 0.312. The fourth-order valence-electron chi connectivity index (χ4n) is 4.46. The second kappa shape index (κ2) is 8.65. The number of piperazine rings is 1. The molecule has 0 radical (unpaired) electrons. The Morgan fingerprint density at radius 1 is 1.03 bits per heavy atom. The maximum atomic E-state index is 13.1. The summed E-state index contributed by atoms with van der Waals surface area (Å²) >= 11 is 0. The highest BCUT2D eigenvalue weighted by atomic mass is 16.1. The third kappa shape index (κ3) is 3.78. The average Bonchev–Trinajstić information content (AvgIpc) is 3.09. The average molecular weight is 455 g/mol. The first-order valence-electron chi connectivity index (χ1n) is 11.2. The molecule has 0 atom stereocenters. The van der Waals surface area contributed by atoms with Gasteiger partial charge in [0.2, 0.25) is 5.95 Å². The van der Waals surface area contributed by atoms with Gasteiger partial charge in [-0.1, -0.05) is 12.1 Å². The standard InChI is InChI=1S/C25H26N8O/c1-17-14-19(8-9-21(17)32-12-10-30(2)11-13-32)28-25-27-16-20-23(29-25)31(3)33(24(20)34)22-7-5-4-6-18(22)15-26/h4-9,14,16H,10-13H2,1-3H3,(H,27,28,29). The van der Waals surface area contributed by atoms with Gasteiger partial charge in [0.25, 0.3) is 5.56 Å². The van der Waals surface area contributed by atoms with Crippen molar-refractivity contribution < 1.29 is 0 Å². The number of rotatable bonds is 4. The van der Waals surface area contributed by atoms with Crippen molar-refractivity contribution in [3.8, 4) is 11.8 Å². The van der Waals surface area contributed by atoms with Crippen molar-refractivity contribution in [1.82, 2.24) is 24.2 Å². The van der Waals surface area contributed by atoms with E-state index in [9.17, 15) is 10.1 Å². The van der Waals surface area contributed by atoms with E-state index in [1.54, 1.807) is 36.0 Å². The number of likely N-dealkylation sites (N-methyl/N-ethyl adjacent to an activating group) is 1. The molecule has 172 valence electrons. The molecule has 0 unspecified atom stereocenters. The molecule has 4 aromatic rings. The number of aryl methyl sites for hydroxylation is 2. The molecule has 1 fully saturated rings. The highest BCUT2D eigenvalue weighted by Crippen LogP contribution is 2.26. The van der Waals surface area contributed by atoms with Crippen molar-refractivity contribution in [2.24, 2.45) is 7.05 Å². The zero-order valence-corrected chi connectivity index (χ0v) is 19.5. The van der Waals surface area contributed by atoms with E-state index in [-0.39, 0.29) is 5.56 Å². The zero-order valence-electron chi connectivity index (χ0n) is 19.5. The number of nitriles is 1. The predicted octanol–water partition coefficient (Wildman–Crippen LogP) is 2.79. The lowest BCUT2D eigenvalue weighted by atomic mass is 10.1. The fraction of sp³-hybridized carbons (Fsp3) is 0.280. The molecule has 5 rings (SSSR count). The van der Waals surface area contributed by atoms with Crippen LogP contribution in [0.3, 0.4) is 0 Å². The van der Waals surface area contributed by atoms with Crippen LogP contribution in [0.5, 0.6) is 0 Å². The molecule has 1 aliphatic rings. The van der Waals surface area contributed by atoms with Gasteiger partial charge < -0.3 is 15.1 Å². The quantitative estimate of drug-likeness (QED) is 0.507. The monoisotopic (exact) mass is 454 g/mol. The molecule has 0 amide bonds. The third-order valence-electron chi connectivity index (χ3n) is 6.35. The van der Waals surface area contributed by atoms with Crippen molar-refractivity contribution in [2.45, 2.75) is 6.92 Å². The molecular formula is C25H26N8O. The highest BCUT2D eigenvalue weighted by molar-refractivity contribution is 5.76. The molecule has 0 saturated carbocycles. The molecule has 0 bridgehead atoms. The maximum absolute atomic E-state index is 13.1. The van der Waals surface area contributed by atoms with Crippen LogP contribution in [0.1, 0.15) is 11.1 Å². The van der Waals surface area contributed by atoms with E-state index in [4.69, 9.17) is 0 Å². The Hall–Kier alpha value is -4.16. The topological polar surface area (TPSA) is 95.0 Å². The van der Waals surface area contributed by atoms with Crippen molar-refractivity contribution >= 4 is 28.4 Å². The summed E-state index contributed by atoms with van der Waals surface area (Å²) in [5.74, 6) is 0.403. The smallest absolute Gasteiger partial charge is 0.282 e. The second-order valence-corrected chi connectivity index (χ2v) is 8.62. The van der Waals surface area contributed by atoms with Gasteiger partial charge in [-0.2, -0.15) is 10.2 Å². The number of nitrogens with one attached hydrogen (secondary N) is 1. The van der Waals surface area contributed by atoms with Gasteiger partial charge in [-0.3, -0.25) is 9.48 Å². The summed E-state index contributed by atoms with van der Waals surface area (Å²) in [7, 11) is 3.91. The summed E-state index contributed by atoms with van der Waals surface area (Å²) < 4.78 is 3.11. The molecule has 0 aliphatic carbocycles. The number of hydrogen-bond donors (Lipinski definition) is 1. The van der Waals surface area contributed by atoms with E-state index in [0.717, 1.165) is 31.9 Å². The summed E-state index contributed by atoms with van der Waals surface area (Å²) in [6, 6.07) is 15.4. The maximum Gasteiger partial charge on any atom is 0.282 e. The molecule has 1 saturated heterocycles. The fourth-order valence-corrected chi connectivity index (χ4v) is 4.46. The molecule has 2 aromatic heterocycles. The van der Waals surface area contributed by atoms with Crippen LogP contribution in [0, 0.1) is 18.3 Å². The first kappa shape index (κ1) is 21.7. The molecular weight excluding hydrogens is 428 g/mol. The van der Waals surface area contributed by atoms with Gasteiger partial charge in [-0.05, 0) is 49.9 Å². The van der Waals surface area contributed by atoms with Crippen LogP contribution >= 0.6 is 0 Å². The predicted molar refractivity (Wildman–Crippen MR) is 133 cm³/mol. The second-order valence-electron chi connectivity index (χ2n) is 8.62. The number of hydrogen-bond acceptors (Lipinski definition) is 7.